The molecule has 0 radical (unpaired) electrons. The molecule has 2 aliphatic rings. The molecule has 1 aromatic carbocycles. The van der Waals surface area contributed by atoms with E-state index in [2.05, 4.69) is 10.3 Å². The summed E-state index contributed by atoms with van der Waals surface area (Å²) < 4.78 is 16.8. The van der Waals surface area contributed by atoms with Gasteiger partial charge in [-0.1, -0.05) is 0 Å². The average molecular weight is 369 g/mol. The maximum Gasteiger partial charge on any atom is 0.322 e. The summed E-state index contributed by atoms with van der Waals surface area (Å²) in [6.45, 7) is 2.87. The molecule has 0 aliphatic carbocycles. The van der Waals surface area contributed by atoms with Crippen LogP contribution in [0.3, 0.4) is 0 Å². The van der Waals surface area contributed by atoms with Gasteiger partial charge in [0.1, 0.15) is 13.2 Å². The van der Waals surface area contributed by atoms with Gasteiger partial charge in [0, 0.05) is 43.8 Å². The molecule has 27 heavy (non-hydrogen) atoms. The standard InChI is InChI=1S/C20H23N3O4/c24-20(22-16-3-4-18-19(12-16)27-11-10-26-18)23(14-17-2-1-9-25-17)13-15-5-7-21-8-6-15/h3-8,12,17H,1-2,9-11,13-14H2,(H,22,24)/t17-/m1/s1. The monoisotopic (exact) mass is 369 g/mol. The molecule has 0 unspecified atom stereocenters. The van der Waals surface area contributed by atoms with Crippen molar-refractivity contribution in [3.8, 4) is 11.5 Å². The number of hydrogen-bond donors (Lipinski definition) is 1. The zero-order valence-corrected chi connectivity index (χ0v) is 15.1. The van der Waals surface area contributed by atoms with Crippen molar-refractivity contribution in [2.45, 2.75) is 25.5 Å². The largest absolute Gasteiger partial charge is 0.486 e. The van der Waals surface area contributed by atoms with Gasteiger partial charge < -0.3 is 24.4 Å². The van der Waals surface area contributed by atoms with Crippen LogP contribution >= 0.6 is 0 Å². The summed E-state index contributed by atoms with van der Waals surface area (Å²) in [5.41, 5.74) is 1.71. The van der Waals surface area contributed by atoms with Gasteiger partial charge in [-0.05, 0) is 42.7 Å². The number of hydrogen-bond acceptors (Lipinski definition) is 5. The van der Waals surface area contributed by atoms with Gasteiger partial charge in [0.2, 0.25) is 0 Å². The number of fused-ring (bicyclic) bond motifs is 1. The maximum atomic E-state index is 12.9. The van der Waals surface area contributed by atoms with Gasteiger partial charge in [-0.2, -0.15) is 0 Å². The fourth-order valence-corrected chi connectivity index (χ4v) is 3.29. The molecule has 7 nitrogen and oxygen atoms in total. The Labute approximate surface area is 158 Å². The van der Waals surface area contributed by atoms with Gasteiger partial charge in [-0.3, -0.25) is 4.98 Å². The van der Waals surface area contributed by atoms with Crippen LogP contribution < -0.4 is 14.8 Å². The number of ether oxygens (including phenoxy) is 3. The number of amides is 2. The number of carbonyl (C=O) groups excluding carboxylic acids is 1. The molecule has 2 aromatic rings. The van der Waals surface area contributed by atoms with Gasteiger partial charge in [0.25, 0.3) is 0 Å². The van der Waals surface area contributed by atoms with Crippen LogP contribution in [0.2, 0.25) is 0 Å². The summed E-state index contributed by atoms with van der Waals surface area (Å²) in [6, 6.07) is 9.10. The molecule has 3 heterocycles. The molecule has 142 valence electrons. The van der Waals surface area contributed by atoms with Crippen molar-refractivity contribution in [1.82, 2.24) is 9.88 Å². The van der Waals surface area contributed by atoms with Crippen LogP contribution in [-0.4, -0.2) is 48.4 Å². The van der Waals surface area contributed by atoms with Gasteiger partial charge in [0.05, 0.1) is 6.10 Å². The Hall–Kier alpha value is -2.80. The molecule has 2 amide bonds. The lowest BCUT2D eigenvalue weighted by Crippen LogP contribution is -2.39. The molecule has 1 atom stereocenters. The third-order valence-corrected chi connectivity index (χ3v) is 4.65. The number of rotatable bonds is 5. The maximum absolute atomic E-state index is 12.9. The predicted octanol–water partition coefficient (Wildman–Crippen LogP) is 3.07. The number of pyridine rings is 1. The first-order valence-electron chi connectivity index (χ1n) is 9.24. The molecule has 1 fully saturated rings. The number of anilines is 1. The molecule has 4 rings (SSSR count). The Balaban J connectivity index is 1.47. The zero-order chi connectivity index (χ0) is 18.5. The van der Waals surface area contributed by atoms with Gasteiger partial charge >= 0.3 is 6.03 Å². The molecule has 1 N–H and O–H groups in total. The lowest BCUT2D eigenvalue weighted by Gasteiger charge is -2.26. The smallest absolute Gasteiger partial charge is 0.322 e. The van der Waals surface area contributed by atoms with Crippen LogP contribution in [0.5, 0.6) is 11.5 Å². The van der Waals surface area contributed by atoms with Crippen molar-refractivity contribution in [2.75, 3.05) is 31.7 Å². The highest BCUT2D eigenvalue weighted by Gasteiger charge is 2.23. The van der Waals surface area contributed by atoms with Crippen LogP contribution in [0.1, 0.15) is 18.4 Å². The highest BCUT2D eigenvalue weighted by molar-refractivity contribution is 5.89. The van der Waals surface area contributed by atoms with E-state index in [1.54, 1.807) is 23.4 Å². The highest BCUT2D eigenvalue weighted by atomic mass is 16.6. The first-order chi connectivity index (χ1) is 13.3. The molecule has 0 spiro atoms. The van der Waals surface area contributed by atoms with Gasteiger partial charge in [-0.15, -0.1) is 0 Å². The molecular weight excluding hydrogens is 346 g/mol. The lowest BCUT2D eigenvalue weighted by molar-refractivity contribution is 0.0819. The Kier molecular flexibility index (Phi) is 5.39. The second kappa shape index (κ2) is 8.26. The van der Waals surface area contributed by atoms with Crippen molar-refractivity contribution < 1.29 is 19.0 Å². The Morgan fingerprint density at radius 2 is 1.93 bits per heavy atom. The van der Waals surface area contributed by atoms with Crippen molar-refractivity contribution in [1.29, 1.82) is 0 Å². The number of carbonyl (C=O) groups is 1. The van der Waals surface area contributed by atoms with E-state index >= 15 is 0 Å². The third-order valence-electron chi connectivity index (χ3n) is 4.65. The van der Waals surface area contributed by atoms with Crippen molar-refractivity contribution in [2.24, 2.45) is 0 Å². The number of benzene rings is 1. The van der Waals surface area contributed by atoms with Gasteiger partial charge in [0.15, 0.2) is 11.5 Å². The van der Waals surface area contributed by atoms with E-state index in [4.69, 9.17) is 14.2 Å². The van der Waals surface area contributed by atoms with E-state index in [-0.39, 0.29) is 12.1 Å². The Morgan fingerprint density at radius 1 is 1.11 bits per heavy atom. The second-order valence-electron chi connectivity index (χ2n) is 6.66. The number of nitrogens with one attached hydrogen (secondary N) is 1. The summed E-state index contributed by atoms with van der Waals surface area (Å²) >= 11 is 0. The summed E-state index contributed by atoms with van der Waals surface area (Å²) in [5, 5.41) is 2.97. The van der Waals surface area contributed by atoms with E-state index < -0.39 is 0 Å². The zero-order valence-electron chi connectivity index (χ0n) is 15.1. The van der Waals surface area contributed by atoms with Crippen molar-refractivity contribution in [3.63, 3.8) is 0 Å². The first-order valence-corrected chi connectivity index (χ1v) is 9.24. The SMILES string of the molecule is O=C(Nc1ccc2c(c1)OCCO2)N(Cc1ccncc1)C[C@H]1CCCO1. The summed E-state index contributed by atoms with van der Waals surface area (Å²) in [7, 11) is 0. The topological polar surface area (TPSA) is 72.9 Å². The van der Waals surface area contributed by atoms with E-state index in [1.165, 1.54) is 0 Å². The van der Waals surface area contributed by atoms with Crippen LogP contribution in [0.25, 0.3) is 0 Å². The minimum absolute atomic E-state index is 0.0813. The van der Waals surface area contributed by atoms with Crippen LogP contribution in [0, 0.1) is 0 Å². The van der Waals surface area contributed by atoms with Crippen LogP contribution in [-0.2, 0) is 11.3 Å². The number of aromatic nitrogens is 1. The normalized spacial score (nSPS) is 18.1. The summed E-state index contributed by atoms with van der Waals surface area (Å²) in [4.78, 5) is 18.8. The van der Waals surface area contributed by atoms with Crippen LogP contribution in [0.4, 0.5) is 10.5 Å². The fourth-order valence-electron chi connectivity index (χ4n) is 3.29. The summed E-state index contributed by atoms with van der Waals surface area (Å²) in [6.07, 6.45) is 5.57. The molecular formula is C20H23N3O4. The summed E-state index contributed by atoms with van der Waals surface area (Å²) in [5.74, 6) is 1.35. The molecule has 0 bridgehead atoms. The molecule has 2 aliphatic heterocycles. The van der Waals surface area contributed by atoms with Crippen molar-refractivity contribution in [3.05, 3.63) is 48.3 Å². The minimum atomic E-state index is -0.168. The van der Waals surface area contributed by atoms with Crippen LogP contribution in [0.15, 0.2) is 42.7 Å². The second-order valence-corrected chi connectivity index (χ2v) is 6.66. The Bertz CT molecular complexity index is 778. The first kappa shape index (κ1) is 17.6. The third kappa shape index (κ3) is 4.49. The van der Waals surface area contributed by atoms with Crippen molar-refractivity contribution >= 4 is 11.7 Å². The predicted molar refractivity (Wildman–Crippen MR) is 100 cm³/mol. The molecule has 1 aromatic heterocycles. The van der Waals surface area contributed by atoms with E-state index in [0.29, 0.717) is 43.5 Å². The molecule has 7 heteroatoms. The highest BCUT2D eigenvalue weighted by Crippen LogP contribution is 2.32. The van der Waals surface area contributed by atoms with E-state index in [1.807, 2.05) is 24.3 Å². The quantitative estimate of drug-likeness (QED) is 0.877. The number of nitrogens with zero attached hydrogens (tertiary/aromatic N) is 2. The fraction of sp³-hybridized carbons (Fsp3) is 0.400. The average Bonchev–Trinajstić information content (AvgIpc) is 3.21. The number of urea groups is 1. The molecule has 0 saturated carbocycles. The van der Waals surface area contributed by atoms with Gasteiger partial charge in [-0.25, -0.2) is 4.79 Å². The van der Waals surface area contributed by atoms with E-state index in [9.17, 15) is 4.79 Å². The minimum Gasteiger partial charge on any atom is -0.486 e. The lowest BCUT2D eigenvalue weighted by atomic mass is 10.2. The van der Waals surface area contributed by atoms with E-state index in [0.717, 1.165) is 25.0 Å². The Morgan fingerprint density at radius 3 is 2.70 bits per heavy atom. The molecule has 1 saturated heterocycles.